The molecule has 0 spiro atoms. The summed E-state index contributed by atoms with van der Waals surface area (Å²) in [6.45, 7) is 0.869. The van der Waals surface area contributed by atoms with Crippen LogP contribution in [0.4, 0.5) is 0 Å². The number of hydrogen-bond acceptors (Lipinski definition) is 4. The van der Waals surface area contributed by atoms with E-state index >= 15 is 0 Å². The number of nitrogens with zero attached hydrogens (tertiary/aromatic N) is 1. The predicted octanol–water partition coefficient (Wildman–Crippen LogP) is 3.69. The summed E-state index contributed by atoms with van der Waals surface area (Å²) in [7, 11) is 1.91. The number of rotatable bonds is 4. The third kappa shape index (κ3) is 2.74. The lowest BCUT2D eigenvalue weighted by molar-refractivity contribution is 0.501. The predicted molar refractivity (Wildman–Crippen MR) is 72.8 cm³/mol. The van der Waals surface area contributed by atoms with Crippen molar-refractivity contribution >= 4 is 43.2 Å². The average molecular weight is 366 g/mol. The van der Waals surface area contributed by atoms with E-state index < -0.39 is 0 Å². The van der Waals surface area contributed by atoms with Gasteiger partial charge in [-0.3, -0.25) is 0 Å². The monoisotopic (exact) mass is 364 g/mol. The quantitative estimate of drug-likeness (QED) is 0.897. The molecule has 0 saturated heterocycles. The molecule has 86 valence electrons. The molecule has 0 aliphatic carbocycles. The summed E-state index contributed by atoms with van der Waals surface area (Å²) in [5.74, 6) is 1.57. The zero-order valence-electron chi connectivity index (χ0n) is 8.59. The average Bonchev–Trinajstić information content (AvgIpc) is 2.82. The van der Waals surface area contributed by atoms with E-state index in [1.807, 2.05) is 13.1 Å². The van der Waals surface area contributed by atoms with Gasteiger partial charge in [-0.15, -0.1) is 11.3 Å². The topological polar surface area (TPSA) is 38.1 Å². The highest BCUT2D eigenvalue weighted by Crippen LogP contribution is 2.38. The molecule has 2 rings (SSSR count). The molecule has 16 heavy (non-hydrogen) atoms. The van der Waals surface area contributed by atoms with E-state index in [1.54, 1.807) is 17.5 Å². The zero-order chi connectivity index (χ0) is 11.5. The van der Waals surface area contributed by atoms with Gasteiger partial charge in [0.15, 0.2) is 11.7 Å². The fourth-order valence-electron chi connectivity index (χ4n) is 1.29. The molecule has 2 heterocycles. The Morgan fingerprint density at radius 1 is 1.50 bits per heavy atom. The van der Waals surface area contributed by atoms with Crippen LogP contribution >= 0.6 is 43.2 Å². The molecule has 0 aliphatic rings. The second kappa shape index (κ2) is 5.44. The molecule has 2 aromatic heterocycles. The lowest BCUT2D eigenvalue weighted by Gasteiger charge is -1.94. The van der Waals surface area contributed by atoms with E-state index in [0.717, 1.165) is 37.8 Å². The van der Waals surface area contributed by atoms with Gasteiger partial charge in [0.25, 0.3) is 0 Å². The first-order chi connectivity index (χ1) is 7.70. The van der Waals surface area contributed by atoms with Crippen molar-refractivity contribution in [2.45, 2.75) is 6.42 Å². The molecular weight excluding hydrogens is 356 g/mol. The Balaban J connectivity index is 2.21. The number of thiophene rings is 1. The number of likely N-dealkylation sites (N-methyl/N-ethyl adjacent to an activating group) is 1. The van der Waals surface area contributed by atoms with Gasteiger partial charge in [0.1, 0.15) is 0 Å². The number of aromatic nitrogens is 1. The van der Waals surface area contributed by atoms with Crippen molar-refractivity contribution in [3.05, 3.63) is 25.7 Å². The van der Waals surface area contributed by atoms with Crippen LogP contribution in [0, 0.1) is 0 Å². The molecule has 0 amide bonds. The summed E-state index contributed by atoms with van der Waals surface area (Å²) in [4.78, 5) is 4.24. The van der Waals surface area contributed by atoms with Gasteiger partial charge in [0.05, 0.1) is 13.8 Å². The Bertz CT molecular complexity index is 481. The Morgan fingerprint density at radius 3 is 2.94 bits per heavy atom. The number of oxazole rings is 1. The molecule has 0 aromatic carbocycles. The van der Waals surface area contributed by atoms with Gasteiger partial charge in [-0.25, -0.2) is 4.98 Å². The van der Waals surface area contributed by atoms with Gasteiger partial charge in [0, 0.05) is 18.5 Å². The van der Waals surface area contributed by atoms with Gasteiger partial charge < -0.3 is 9.73 Å². The van der Waals surface area contributed by atoms with E-state index in [9.17, 15) is 0 Å². The lowest BCUT2D eigenvalue weighted by Crippen LogP contribution is -2.10. The molecule has 6 heteroatoms. The zero-order valence-corrected chi connectivity index (χ0v) is 12.6. The normalized spacial score (nSPS) is 10.9. The highest BCUT2D eigenvalue weighted by Gasteiger charge is 2.12. The van der Waals surface area contributed by atoms with Gasteiger partial charge in [-0.2, -0.15) is 0 Å². The van der Waals surface area contributed by atoms with Crippen molar-refractivity contribution in [1.29, 1.82) is 0 Å². The van der Waals surface area contributed by atoms with Crippen molar-refractivity contribution in [1.82, 2.24) is 10.3 Å². The molecule has 0 radical (unpaired) electrons. The summed E-state index contributed by atoms with van der Waals surface area (Å²) in [5, 5.41) is 3.07. The second-order valence-electron chi connectivity index (χ2n) is 3.21. The van der Waals surface area contributed by atoms with Gasteiger partial charge in [-0.05, 0) is 45.0 Å². The van der Waals surface area contributed by atoms with Crippen molar-refractivity contribution in [3.8, 4) is 11.3 Å². The number of hydrogen-bond donors (Lipinski definition) is 1. The van der Waals surface area contributed by atoms with E-state index in [0.29, 0.717) is 0 Å². The standard InChI is InChI=1S/C10H10Br2N2OS/c1-13-3-2-9-14-5-7(15-9)6-4-8(11)16-10(6)12/h4-5,13H,2-3H2,1H3. The lowest BCUT2D eigenvalue weighted by atomic mass is 10.3. The summed E-state index contributed by atoms with van der Waals surface area (Å²) in [6, 6.07) is 2.02. The molecule has 0 aliphatic heterocycles. The number of nitrogens with one attached hydrogen (secondary N) is 1. The van der Waals surface area contributed by atoms with Gasteiger partial charge in [0.2, 0.25) is 0 Å². The highest BCUT2D eigenvalue weighted by atomic mass is 79.9. The highest BCUT2D eigenvalue weighted by molar-refractivity contribution is 9.12. The van der Waals surface area contributed by atoms with E-state index in [1.165, 1.54) is 0 Å². The molecule has 1 N–H and O–H groups in total. The van der Waals surface area contributed by atoms with Crippen LogP contribution in [0.2, 0.25) is 0 Å². The van der Waals surface area contributed by atoms with Crippen molar-refractivity contribution in [3.63, 3.8) is 0 Å². The molecule has 0 unspecified atom stereocenters. The summed E-state index contributed by atoms with van der Waals surface area (Å²) in [5.41, 5.74) is 1.04. The second-order valence-corrected chi connectivity index (χ2v) is 6.96. The van der Waals surface area contributed by atoms with Gasteiger partial charge in [-0.1, -0.05) is 0 Å². The third-order valence-electron chi connectivity index (χ3n) is 2.06. The van der Waals surface area contributed by atoms with Crippen LogP contribution in [0.25, 0.3) is 11.3 Å². The first-order valence-corrected chi connectivity index (χ1v) is 7.15. The molecule has 0 saturated carbocycles. The van der Waals surface area contributed by atoms with E-state index in [-0.39, 0.29) is 0 Å². The minimum atomic E-state index is 0.763. The van der Waals surface area contributed by atoms with Crippen LogP contribution in [-0.4, -0.2) is 18.6 Å². The maximum absolute atomic E-state index is 5.67. The van der Waals surface area contributed by atoms with Crippen molar-refractivity contribution in [2.24, 2.45) is 0 Å². The Morgan fingerprint density at radius 2 is 2.31 bits per heavy atom. The molecule has 0 fully saturated rings. The molecule has 0 bridgehead atoms. The Hall–Kier alpha value is -0.170. The van der Waals surface area contributed by atoms with Crippen LogP contribution in [0.1, 0.15) is 5.89 Å². The van der Waals surface area contributed by atoms with Crippen LogP contribution < -0.4 is 5.32 Å². The summed E-state index contributed by atoms with van der Waals surface area (Å²) < 4.78 is 7.79. The molecule has 0 atom stereocenters. The third-order valence-corrected chi connectivity index (χ3v) is 4.40. The first-order valence-electron chi connectivity index (χ1n) is 4.75. The Kier molecular flexibility index (Phi) is 4.18. The van der Waals surface area contributed by atoms with Crippen molar-refractivity contribution in [2.75, 3.05) is 13.6 Å². The van der Waals surface area contributed by atoms with Crippen LogP contribution in [0.3, 0.4) is 0 Å². The van der Waals surface area contributed by atoms with Crippen LogP contribution in [0.5, 0.6) is 0 Å². The summed E-state index contributed by atoms with van der Waals surface area (Å²) >= 11 is 8.57. The van der Waals surface area contributed by atoms with Crippen LogP contribution in [-0.2, 0) is 6.42 Å². The van der Waals surface area contributed by atoms with Crippen molar-refractivity contribution < 1.29 is 4.42 Å². The minimum absolute atomic E-state index is 0.763. The van der Waals surface area contributed by atoms with E-state index in [4.69, 9.17) is 4.42 Å². The summed E-state index contributed by atoms with van der Waals surface area (Å²) in [6.07, 6.45) is 2.57. The fraction of sp³-hybridized carbons (Fsp3) is 0.300. The minimum Gasteiger partial charge on any atom is -0.441 e. The maximum atomic E-state index is 5.67. The fourth-order valence-corrected chi connectivity index (χ4v) is 4.11. The smallest absolute Gasteiger partial charge is 0.196 e. The molecule has 2 aromatic rings. The molecule has 3 nitrogen and oxygen atoms in total. The molecular formula is C10H10Br2N2OS. The first kappa shape index (κ1) is 12.3. The largest absolute Gasteiger partial charge is 0.441 e. The van der Waals surface area contributed by atoms with Crippen LogP contribution in [0.15, 0.2) is 24.3 Å². The maximum Gasteiger partial charge on any atom is 0.196 e. The SMILES string of the molecule is CNCCc1ncc(-c2cc(Br)sc2Br)o1. The van der Waals surface area contributed by atoms with Gasteiger partial charge >= 0.3 is 0 Å². The number of halogens is 2. The van der Waals surface area contributed by atoms with E-state index in [2.05, 4.69) is 42.2 Å². The Labute approximate surface area is 115 Å².